The third kappa shape index (κ3) is 3.88. The van der Waals surface area contributed by atoms with Gasteiger partial charge in [0, 0.05) is 27.1 Å². The van der Waals surface area contributed by atoms with Crippen LogP contribution in [0.2, 0.25) is 0 Å². The number of nitrogens with one attached hydrogen (secondary N) is 2. The molecule has 26 heavy (non-hydrogen) atoms. The van der Waals surface area contributed by atoms with E-state index in [4.69, 9.17) is 0 Å². The first-order valence-corrected chi connectivity index (χ1v) is 10.9. The first-order valence-electron chi connectivity index (χ1n) is 9.41. The second-order valence-electron chi connectivity index (χ2n) is 7.71. The zero-order valence-electron chi connectivity index (χ0n) is 15.8. The number of sulfonamides is 1. The Morgan fingerprint density at radius 1 is 1.19 bits per heavy atom. The lowest BCUT2D eigenvalue weighted by Gasteiger charge is -2.21. The monoisotopic (exact) mass is 379 g/mol. The minimum atomic E-state index is -3.54. The molecule has 2 bridgehead atoms. The zero-order valence-corrected chi connectivity index (χ0v) is 16.6. The number of amides is 1. The minimum Gasteiger partial charge on any atom is -0.384 e. The maximum atomic E-state index is 12.6. The highest BCUT2D eigenvalue weighted by atomic mass is 32.2. The number of benzene rings is 1. The first kappa shape index (κ1) is 19.2. The van der Waals surface area contributed by atoms with E-state index in [9.17, 15) is 13.2 Å². The summed E-state index contributed by atoms with van der Waals surface area (Å²) in [6.07, 6.45) is 5.53. The Bertz CT molecular complexity index is 776. The van der Waals surface area contributed by atoms with Gasteiger partial charge in [0.05, 0.1) is 16.3 Å². The topological polar surface area (TPSA) is 78.5 Å². The molecular formula is C19H29N3O3S. The molecule has 3 rings (SSSR count). The molecular weight excluding hydrogens is 350 g/mol. The smallest absolute Gasteiger partial charge is 0.242 e. The Hall–Kier alpha value is -1.60. The lowest BCUT2D eigenvalue weighted by atomic mass is 9.86. The average molecular weight is 380 g/mol. The van der Waals surface area contributed by atoms with Crippen LogP contribution < -0.4 is 10.6 Å². The van der Waals surface area contributed by atoms with Gasteiger partial charge in [-0.2, -0.15) is 0 Å². The normalized spacial score (nSPS) is 24.8. The van der Waals surface area contributed by atoms with Crippen LogP contribution in [0.25, 0.3) is 0 Å². The van der Waals surface area contributed by atoms with Crippen LogP contribution in [0.3, 0.4) is 0 Å². The average Bonchev–Trinajstić information content (AvgIpc) is 3.19. The van der Waals surface area contributed by atoms with Crippen LogP contribution in [0.5, 0.6) is 0 Å². The summed E-state index contributed by atoms with van der Waals surface area (Å²) in [7, 11) is -0.540. The molecule has 0 saturated heterocycles. The number of carbonyl (C=O) groups is 1. The molecule has 1 aromatic carbocycles. The first-order chi connectivity index (χ1) is 12.3. The largest absolute Gasteiger partial charge is 0.384 e. The highest BCUT2D eigenvalue weighted by Gasteiger charge is 2.40. The van der Waals surface area contributed by atoms with Crippen LogP contribution >= 0.6 is 0 Å². The van der Waals surface area contributed by atoms with E-state index in [0.29, 0.717) is 30.5 Å². The highest BCUT2D eigenvalue weighted by Crippen LogP contribution is 2.49. The number of anilines is 2. The Labute approximate surface area is 156 Å². The fourth-order valence-corrected chi connectivity index (χ4v) is 5.34. The molecule has 0 aliphatic heterocycles. The van der Waals surface area contributed by atoms with Gasteiger partial charge < -0.3 is 10.6 Å². The number of hydrogen-bond donors (Lipinski definition) is 2. The van der Waals surface area contributed by atoms with Crippen LogP contribution in [-0.2, 0) is 14.8 Å². The summed E-state index contributed by atoms with van der Waals surface area (Å²) in [6, 6.07) is 4.83. The molecule has 0 heterocycles. The molecule has 2 fully saturated rings. The molecule has 1 aromatic rings. The van der Waals surface area contributed by atoms with Gasteiger partial charge in [-0.1, -0.05) is 6.42 Å². The van der Waals surface area contributed by atoms with Crippen molar-refractivity contribution in [3.63, 3.8) is 0 Å². The summed E-state index contributed by atoms with van der Waals surface area (Å²) >= 11 is 0. The van der Waals surface area contributed by atoms with E-state index >= 15 is 0 Å². The number of rotatable bonds is 7. The van der Waals surface area contributed by atoms with Crippen molar-refractivity contribution < 1.29 is 13.2 Å². The molecule has 2 N–H and O–H groups in total. The molecule has 3 atom stereocenters. The van der Waals surface area contributed by atoms with Gasteiger partial charge in [-0.15, -0.1) is 0 Å². The predicted molar refractivity (Wildman–Crippen MR) is 104 cm³/mol. The summed E-state index contributed by atoms with van der Waals surface area (Å²) in [5, 5.41) is 6.14. The fraction of sp³-hybridized carbons (Fsp3) is 0.632. The van der Waals surface area contributed by atoms with Crippen LogP contribution in [0.15, 0.2) is 23.1 Å². The van der Waals surface area contributed by atoms with Crippen molar-refractivity contribution in [2.24, 2.45) is 17.8 Å². The number of fused-ring (bicyclic) bond motifs is 2. The van der Waals surface area contributed by atoms with Crippen molar-refractivity contribution >= 4 is 27.3 Å². The predicted octanol–water partition coefficient (Wildman–Crippen LogP) is 3.13. The van der Waals surface area contributed by atoms with Crippen molar-refractivity contribution in [2.45, 2.75) is 43.9 Å². The Kier molecular flexibility index (Phi) is 5.58. The molecule has 0 radical (unpaired) electrons. The van der Waals surface area contributed by atoms with E-state index in [-0.39, 0.29) is 10.8 Å². The summed E-state index contributed by atoms with van der Waals surface area (Å²) in [4.78, 5) is 12.8. The molecule has 2 aliphatic carbocycles. The second-order valence-corrected chi connectivity index (χ2v) is 9.86. The molecule has 1 amide bonds. The lowest BCUT2D eigenvalue weighted by Crippen LogP contribution is -2.23. The molecule has 0 spiro atoms. The van der Waals surface area contributed by atoms with E-state index in [1.165, 1.54) is 37.7 Å². The van der Waals surface area contributed by atoms with Gasteiger partial charge in [-0.25, -0.2) is 12.7 Å². The van der Waals surface area contributed by atoms with Crippen molar-refractivity contribution in [3.05, 3.63) is 18.2 Å². The number of hydrogen-bond acceptors (Lipinski definition) is 4. The third-order valence-electron chi connectivity index (χ3n) is 5.74. The SMILES string of the molecule is CCNc1ccc(S(=O)(=O)N(C)C)cc1NC(=O)CC1CC2CCC1C2. The van der Waals surface area contributed by atoms with Crippen LogP contribution in [0.1, 0.15) is 39.0 Å². The van der Waals surface area contributed by atoms with Crippen LogP contribution in [0.4, 0.5) is 11.4 Å². The van der Waals surface area contributed by atoms with Gasteiger partial charge in [0.15, 0.2) is 0 Å². The molecule has 6 nitrogen and oxygen atoms in total. The Balaban J connectivity index is 1.77. The van der Waals surface area contributed by atoms with Crippen molar-refractivity contribution in [2.75, 3.05) is 31.3 Å². The summed E-state index contributed by atoms with van der Waals surface area (Å²) in [5.41, 5.74) is 1.27. The summed E-state index contributed by atoms with van der Waals surface area (Å²) < 4.78 is 26.0. The molecule has 0 aromatic heterocycles. The van der Waals surface area contributed by atoms with Gasteiger partial charge in [-0.05, 0) is 62.1 Å². The van der Waals surface area contributed by atoms with Crippen LogP contribution in [-0.4, -0.2) is 39.3 Å². The summed E-state index contributed by atoms with van der Waals surface area (Å²) in [5.74, 6) is 1.95. The van der Waals surface area contributed by atoms with E-state index < -0.39 is 10.0 Å². The standard InChI is InChI=1S/C19H29N3O3S/c1-4-20-17-8-7-16(26(24,25)22(2)3)12-18(17)21-19(23)11-15-10-13-5-6-14(15)9-13/h7-8,12-15,20H,4-6,9-11H2,1-3H3,(H,21,23). The minimum absolute atomic E-state index is 0.0268. The van der Waals surface area contributed by atoms with Gasteiger partial charge >= 0.3 is 0 Å². The van der Waals surface area contributed by atoms with E-state index in [1.807, 2.05) is 6.92 Å². The van der Waals surface area contributed by atoms with Gasteiger partial charge in [-0.3, -0.25) is 4.79 Å². The molecule has 2 saturated carbocycles. The van der Waals surface area contributed by atoms with Gasteiger partial charge in [0.1, 0.15) is 0 Å². The fourth-order valence-electron chi connectivity index (χ4n) is 4.41. The maximum absolute atomic E-state index is 12.6. The van der Waals surface area contributed by atoms with Gasteiger partial charge in [0.25, 0.3) is 0 Å². The Morgan fingerprint density at radius 2 is 1.96 bits per heavy atom. The third-order valence-corrected chi connectivity index (χ3v) is 7.55. The van der Waals surface area contributed by atoms with Gasteiger partial charge in [0.2, 0.25) is 15.9 Å². The molecule has 3 unspecified atom stereocenters. The number of carbonyl (C=O) groups excluding carboxylic acids is 1. The summed E-state index contributed by atoms with van der Waals surface area (Å²) in [6.45, 7) is 2.65. The van der Waals surface area contributed by atoms with Crippen molar-refractivity contribution in [1.82, 2.24) is 4.31 Å². The quantitative estimate of drug-likeness (QED) is 0.763. The van der Waals surface area contributed by atoms with Crippen molar-refractivity contribution in [1.29, 1.82) is 0 Å². The van der Waals surface area contributed by atoms with E-state index in [0.717, 1.165) is 18.0 Å². The van der Waals surface area contributed by atoms with E-state index in [1.54, 1.807) is 18.2 Å². The lowest BCUT2D eigenvalue weighted by molar-refractivity contribution is -0.117. The molecule has 7 heteroatoms. The van der Waals surface area contributed by atoms with Crippen molar-refractivity contribution in [3.8, 4) is 0 Å². The number of nitrogens with zero attached hydrogens (tertiary/aromatic N) is 1. The highest BCUT2D eigenvalue weighted by molar-refractivity contribution is 7.89. The maximum Gasteiger partial charge on any atom is 0.242 e. The Morgan fingerprint density at radius 3 is 2.54 bits per heavy atom. The molecule has 2 aliphatic rings. The van der Waals surface area contributed by atoms with Crippen LogP contribution in [0, 0.1) is 17.8 Å². The van der Waals surface area contributed by atoms with E-state index in [2.05, 4.69) is 10.6 Å². The zero-order chi connectivity index (χ0) is 18.9. The second kappa shape index (κ2) is 7.56. The molecule has 144 valence electrons.